The third kappa shape index (κ3) is 2.72. The average Bonchev–Trinajstić information content (AvgIpc) is 2.74. The number of halogens is 1. The van der Waals surface area contributed by atoms with E-state index in [0.717, 1.165) is 26.6 Å². The second-order valence-corrected chi connectivity index (χ2v) is 7.37. The smallest absolute Gasteiger partial charge is 0.266 e. The van der Waals surface area contributed by atoms with Crippen LogP contribution in [0, 0.1) is 0 Å². The molecule has 0 N–H and O–H groups in total. The largest absolute Gasteiger partial charge is 0.268 e. The van der Waals surface area contributed by atoms with Crippen molar-refractivity contribution in [3.8, 4) is 17.1 Å². The quantitative estimate of drug-likeness (QED) is 0.356. The Bertz CT molecular complexity index is 1380. The lowest BCUT2D eigenvalue weighted by Crippen LogP contribution is -2.22. The highest BCUT2D eigenvalue weighted by atomic mass is 79.9. The highest BCUT2D eigenvalue weighted by Crippen LogP contribution is 2.26. The van der Waals surface area contributed by atoms with Crippen molar-refractivity contribution in [3.05, 3.63) is 99.9 Å². The van der Waals surface area contributed by atoms with Crippen LogP contribution in [-0.4, -0.2) is 14.5 Å². The molecule has 2 heterocycles. The van der Waals surface area contributed by atoms with Gasteiger partial charge in [0.25, 0.3) is 5.56 Å². The molecule has 5 heteroatoms. The number of benzene rings is 3. The van der Waals surface area contributed by atoms with E-state index in [2.05, 4.69) is 20.9 Å². The van der Waals surface area contributed by atoms with Crippen molar-refractivity contribution in [1.82, 2.24) is 14.5 Å². The van der Waals surface area contributed by atoms with E-state index in [1.807, 2.05) is 78.9 Å². The van der Waals surface area contributed by atoms with Crippen molar-refractivity contribution < 1.29 is 0 Å². The highest BCUT2D eigenvalue weighted by Gasteiger charge is 2.16. The molecule has 0 amide bonds. The molecule has 0 atom stereocenters. The van der Waals surface area contributed by atoms with Crippen LogP contribution < -0.4 is 5.56 Å². The van der Waals surface area contributed by atoms with Crippen molar-refractivity contribution in [1.29, 1.82) is 0 Å². The Labute approximate surface area is 169 Å². The third-order valence-electron chi connectivity index (χ3n) is 4.73. The molecule has 0 saturated heterocycles. The molecular weight excluding hydrogens is 414 g/mol. The van der Waals surface area contributed by atoms with Gasteiger partial charge < -0.3 is 0 Å². The Kier molecular flexibility index (Phi) is 4.02. The zero-order chi connectivity index (χ0) is 19.1. The van der Waals surface area contributed by atoms with Gasteiger partial charge in [-0.3, -0.25) is 14.3 Å². The van der Waals surface area contributed by atoms with Gasteiger partial charge in [-0.15, -0.1) is 0 Å². The topological polar surface area (TPSA) is 47.8 Å². The molecule has 4 nitrogen and oxygen atoms in total. The molecule has 0 aliphatic rings. The maximum Gasteiger partial charge on any atom is 0.266 e. The summed E-state index contributed by atoms with van der Waals surface area (Å²) in [4.78, 5) is 22.9. The SMILES string of the molecule is O=c1c2ccc3cccnc3c2nc(-c2ccc(Br)cc2)n1-c1ccccc1. The number of hydrogen-bond donors (Lipinski definition) is 0. The molecule has 3 aromatic carbocycles. The van der Waals surface area contributed by atoms with Crippen molar-refractivity contribution in [2.24, 2.45) is 0 Å². The van der Waals surface area contributed by atoms with Gasteiger partial charge in [0.05, 0.1) is 16.6 Å². The first-order valence-electron chi connectivity index (χ1n) is 8.84. The third-order valence-corrected chi connectivity index (χ3v) is 5.26. The molecular formula is C23H14BrN3O. The average molecular weight is 428 g/mol. The fourth-order valence-electron chi connectivity index (χ4n) is 3.40. The number of aromatic nitrogens is 3. The first kappa shape index (κ1) is 16.8. The molecule has 0 bridgehead atoms. The van der Waals surface area contributed by atoms with E-state index in [1.54, 1.807) is 10.8 Å². The second-order valence-electron chi connectivity index (χ2n) is 6.46. The van der Waals surface area contributed by atoms with Gasteiger partial charge in [-0.25, -0.2) is 4.98 Å². The maximum absolute atomic E-state index is 13.5. The first-order chi connectivity index (χ1) is 13.7. The summed E-state index contributed by atoms with van der Waals surface area (Å²) in [5.74, 6) is 0.592. The van der Waals surface area contributed by atoms with Crippen molar-refractivity contribution in [2.75, 3.05) is 0 Å². The fourth-order valence-corrected chi connectivity index (χ4v) is 3.66. The van der Waals surface area contributed by atoms with Crippen molar-refractivity contribution in [3.63, 3.8) is 0 Å². The van der Waals surface area contributed by atoms with Crippen LogP contribution in [0.2, 0.25) is 0 Å². The Hall–Kier alpha value is -3.31. The molecule has 0 aliphatic heterocycles. The summed E-state index contributed by atoms with van der Waals surface area (Å²) in [6.45, 7) is 0. The van der Waals surface area contributed by atoms with Gasteiger partial charge in [0.15, 0.2) is 0 Å². The molecule has 0 unspecified atom stereocenters. The minimum absolute atomic E-state index is 0.110. The van der Waals surface area contributed by atoms with Crippen molar-refractivity contribution >= 4 is 37.7 Å². The van der Waals surface area contributed by atoms with E-state index in [0.29, 0.717) is 16.7 Å². The zero-order valence-electron chi connectivity index (χ0n) is 14.7. The lowest BCUT2D eigenvalue weighted by atomic mass is 10.1. The number of para-hydroxylation sites is 1. The summed E-state index contributed by atoms with van der Waals surface area (Å²) in [6, 6.07) is 25.0. The number of nitrogens with zero attached hydrogens (tertiary/aromatic N) is 3. The molecule has 28 heavy (non-hydrogen) atoms. The van der Waals surface area contributed by atoms with Crippen LogP contribution >= 0.6 is 15.9 Å². The van der Waals surface area contributed by atoms with Gasteiger partial charge in [0.2, 0.25) is 0 Å². The van der Waals surface area contributed by atoms with Crippen LogP contribution in [0.3, 0.4) is 0 Å². The standard InChI is InChI=1S/C23H14BrN3O/c24-17-11-8-16(9-12-17)22-26-21-19(13-10-15-5-4-14-25-20(15)21)23(28)27(22)18-6-2-1-3-7-18/h1-14H. The van der Waals surface area contributed by atoms with E-state index in [-0.39, 0.29) is 5.56 Å². The lowest BCUT2D eigenvalue weighted by Gasteiger charge is -2.14. The summed E-state index contributed by atoms with van der Waals surface area (Å²) in [5.41, 5.74) is 2.88. The predicted molar refractivity (Wildman–Crippen MR) is 116 cm³/mol. The van der Waals surface area contributed by atoms with Gasteiger partial charge >= 0.3 is 0 Å². The summed E-state index contributed by atoms with van der Waals surface area (Å²) in [7, 11) is 0. The van der Waals surface area contributed by atoms with Crippen LogP contribution in [0.25, 0.3) is 38.9 Å². The normalized spacial score (nSPS) is 11.2. The van der Waals surface area contributed by atoms with Crippen LogP contribution in [0.15, 0.2) is 94.3 Å². The zero-order valence-corrected chi connectivity index (χ0v) is 16.3. The molecule has 2 aromatic heterocycles. The summed E-state index contributed by atoms with van der Waals surface area (Å²) < 4.78 is 2.64. The summed E-state index contributed by atoms with van der Waals surface area (Å²) in [5, 5.41) is 1.51. The predicted octanol–water partition coefficient (Wildman–Crippen LogP) is 5.36. The highest BCUT2D eigenvalue weighted by molar-refractivity contribution is 9.10. The van der Waals surface area contributed by atoms with E-state index in [9.17, 15) is 4.79 Å². The first-order valence-corrected chi connectivity index (χ1v) is 9.63. The minimum atomic E-state index is -0.110. The van der Waals surface area contributed by atoms with Gasteiger partial charge in [-0.05, 0) is 36.4 Å². The molecule has 5 rings (SSSR count). The van der Waals surface area contributed by atoms with Gasteiger partial charge in [0, 0.05) is 21.6 Å². The molecule has 0 fully saturated rings. The van der Waals surface area contributed by atoms with Crippen molar-refractivity contribution in [2.45, 2.75) is 0 Å². The Morgan fingerprint density at radius 3 is 2.36 bits per heavy atom. The second kappa shape index (κ2) is 6.69. The van der Waals surface area contributed by atoms with Gasteiger partial charge in [0.1, 0.15) is 11.3 Å². The van der Waals surface area contributed by atoms with E-state index in [4.69, 9.17) is 4.98 Å². The van der Waals surface area contributed by atoms with E-state index < -0.39 is 0 Å². The lowest BCUT2D eigenvalue weighted by molar-refractivity contribution is 0.976. The van der Waals surface area contributed by atoms with Gasteiger partial charge in [-0.1, -0.05) is 58.4 Å². The van der Waals surface area contributed by atoms with E-state index >= 15 is 0 Å². The number of fused-ring (bicyclic) bond motifs is 3. The van der Waals surface area contributed by atoms with Gasteiger partial charge in [-0.2, -0.15) is 0 Å². The van der Waals surface area contributed by atoms with Crippen LogP contribution in [0.4, 0.5) is 0 Å². The van der Waals surface area contributed by atoms with Crippen LogP contribution in [-0.2, 0) is 0 Å². The Balaban J connectivity index is 1.95. The summed E-state index contributed by atoms with van der Waals surface area (Å²) in [6.07, 6.45) is 1.73. The maximum atomic E-state index is 13.5. The van der Waals surface area contributed by atoms with Crippen LogP contribution in [0.1, 0.15) is 0 Å². The molecule has 0 radical (unpaired) electrons. The number of rotatable bonds is 2. The minimum Gasteiger partial charge on any atom is -0.268 e. The molecule has 0 saturated carbocycles. The molecule has 134 valence electrons. The monoisotopic (exact) mass is 427 g/mol. The van der Waals surface area contributed by atoms with Crippen LogP contribution in [0.5, 0.6) is 0 Å². The molecule has 0 aliphatic carbocycles. The number of hydrogen-bond acceptors (Lipinski definition) is 3. The Morgan fingerprint density at radius 1 is 0.786 bits per heavy atom. The summed E-state index contributed by atoms with van der Waals surface area (Å²) >= 11 is 3.47. The van der Waals surface area contributed by atoms with E-state index in [1.165, 1.54) is 0 Å². The Morgan fingerprint density at radius 2 is 1.57 bits per heavy atom. The number of pyridine rings is 1. The molecule has 0 spiro atoms. The fraction of sp³-hybridized carbons (Fsp3) is 0. The molecule has 5 aromatic rings.